The van der Waals surface area contributed by atoms with Crippen LogP contribution in [0.3, 0.4) is 0 Å². The van der Waals surface area contributed by atoms with E-state index in [4.69, 9.17) is 9.84 Å². The SMILES string of the molecule is CCOc1ccc(-c2cc(C)nc(CO)n2)cc1C. The second kappa shape index (κ2) is 5.80. The van der Waals surface area contributed by atoms with Crippen LogP contribution < -0.4 is 4.74 Å². The molecule has 1 N–H and O–H groups in total. The molecule has 0 unspecified atom stereocenters. The fourth-order valence-corrected chi connectivity index (χ4v) is 1.97. The second-order valence-corrected chi connectivity index (χ2v) is 4.38. The van der Waals surface area contributed by atoms with Crippen LogP contribution in [0, 0.1) is 13.8 Å². The summed E-state index contributed by atoms with van der Waals surface area (Å²) in [7, 11) is 0. The van der Waals surface area contributed by atoms with Crippen LogP contribution in [0.4, 0.5) is 0 Å². The molecule has 0 aliphatic heterocycles. The summed E-state index contributed by atoms with van der Waals surface area (Å²) in [6.07, 6.45) is 0. The highest BCUT2D eigenvalue weighted by molar-refractivity contribution is 5.62. The Kier molecular flexibility index (Phi) is 4.12. The average molecular weight is 258 g/mol. The van der Waals surface area contributed by atoms with Gasteiger partial charge in [0.25, 0.3) is 0 Å². The highest BCUT2D eigenvalue weighted by atomic mass is 16.5. The molecule has 4 nitrogen and oxygen atoms in total. The van der Waals surface area contributed by atoms with Gasteiger partial charge in [-0.2, -0.15) is 0 Å². The molecular formula is C15H18N2O2. The minimum absolute atomic E-state index is 0.148. The Morgan fingerprint density at radius 3 is 2.58 bits per heavy atom. The summed E-state index contributed by atoms with van der Waals surface area (Å²) in [6, 6.07) is 7.87. The van der Waals surface area contributed by atoms with E-state index in [2.05, 4.69) is 9.97 Å². The van der Waals surface area contributed by atoms with Crippen molar-refractivity contribution in [3.8, 4) is 17.0 Å². The molecule has 0 spiro atoms. The summed E-state index contributed by atoms with van der Waals surface area (Å²) in [5.41, 5.74) is 3.74. The molecule has 1 aromatic heterocycles. The van der Waals surface area contributed by atoms with Crippen molar-refractivity contribution in [2.75, 3.05) is 6.61 Å². The first-order valence-electron chi connectivity index (χ1n) is 6.33. The van der Waals surface area contributed by atoms with Crippen molar-refractivity contribution < 1.29 is 9.84 Å². The van der Waals surface area contributed by atoms with Crippen molar-refractivity contribution >= 4 is 0 Å². The highest BCUT2D eigenvalue weighted by Crippen LogP contribution is 2.25. The zero-order valence-electron chi connectivity index (χ0n) is 11.5. The maximum Gasteiger partial charge on any atom is 0.154 e. The van der Waals surface area contributed by atoms with Gasteiger partial charge >= 0.3 is 0 Å². The molecule has 1 aromatic carbocycles. The lowest BCUT2D eigenvalue weighted by molar-refractivity contribution is 0.271. The zero-order chi connectivity index (χ0) is 13.8. The van der Waals surface area contributed by atoms with Crippen molar-refractivity contribution in [2.24, 2.45) is 0 Å². The van der Waals surface area contributed by atoms with Gasteiger partial charge < -0.3 is 9.84 Å². The molecule has 100 valence electrons. The van der Waals surface area contributed by atoms with E-state index in [0.29, 0.717) is 12.4 Å². The minimum atomic E-state index is -0.148. The molecule has 1 heterocycles. The second-order valence-electron chi connectivity index (χ2n) is 4.38. The first kappa shape index (κ1) is 13.5. The summed E-state index contributed by atoms with van der Waals surface area (Å²) in [5.74, 6) is 1.33. The first-order chi connectivity index (χ1) is 9.13. The largest absolute Gasteiger partial charge is 0.494 e. The van der Waals surface area contributed by atoms with Gasteiger partial charge in [-0.25, -0.2) is 9.97 Å². The zero-order valence-corrected chi connectivity index (χ0v) is 11.5. The van der Waals surface area contributed by atoms with Crippen LogP contribution >= 0.6 is 0 Å². The lowest BCUT2D eigenvalue weighted by atomic mass is 10.1. The predicted molar refractivity (Wildman–Crippen MR) is 74.0 cm³/mol. The Labute approximate surface area is 113 Å². The molecular weight excluding hydrogens is 240 g/mol. The van der Waals surface area contributed by atoms with Gasteiger partial charge in [0, 0.05) is 11.3 Å². The van der Waals surface area contributed by atoms with E-state index >= 15 is 0 Å². The maximum absolute atomic E-state index is 9.16. The molecule has 0 bridgehead atoms. The van der Waals surface area contributed by atoms with E-state index in [9.17, 15) is 0 Å². The summed E-state index contributed by atoms with van der Waals surface area (Å²) in [4.78, 5) is 8.50. The molecule has 4 heteroatoms. The van der Waals surface area contributed by atoms with E-state index < -0.39 is 0 Å². The van der Waals surface area contributed by atoms with Crippen LogP contribution in [0.1, 0.15) is 24.0 Å². The van der Waals surface area contributed by atoms with Crippen LogP contribution in [0.25, 0.3) is 11.3 Å². The van der Waals surface area contributed by atoms with Gasteiger partial charge in [-0.15, -0.1) is 0 Å². The Morgan fingerprint density at radius 1 is 1.16 bits per heavy atom. The molecule has 0 saturated heterocycles. The third-order valence-corrected chi connectivity index (χ3v) is 2.81. The lowest BCUT2D eigenvalue weighted by Crippen LogP contribution is -1.99. The summed E-state index contributed by atoms with van der Waals surface area (Å²) >= 11 is 0. The number of nitrogens with zero attached hydrogens (tertiary/aromatic N) is 2. The maximum atomic E-state index is 9.16. The van der Waals surface area contributed by atoms with Crippen LogP contribution in [-0.2, 0) is 6.61 Å². The van der Waals surface area contributed by atoms with E-state index in [1.54, 1.807) is 0 Å². The number of hydrogen-bond acceptors (Lipinski definition) is 4. The van der Waals surface area contributed by atoms with E-state index in [0.717, 1.165) is 28.3 Å². The number of aryl methyl sites for hydroxylation is 2. The summed E-state index contributed by atoms with van der Waals surface area (Å²) in [6.45, 7) is 6.38. The number of ether oxygens (including phenoxy) is 1. The van der Waals surface area contributed by atoms with Crippen LogP contribution in [0.2, 0.25) is 0 Å². The van der Waals surface area contributed by atoms with E-state index in [-0.39, 0.29) is 6.61 Å². The van der Waals surface area contributed by atoms with Gasteiger partial charge in [0.2, 0.25) is 0 Å². The first-order valence-corrected chi connectivity index (χ1v) is 6.33. The summed E-state index contributed by atoms with van der Waals surface area (Å²) in [5, 5.41) is 9.16. The quantitative estimate of drug-likeness (QED) is 0.916. The monoisotopic (exact) mass is 258 g/mol. The molecule has 2 aromatic rings. The van der Waals surface area contributed by atoms with Crippen molar-refractivity contribution in [2.45, 2.75) is 27.4 Å². The van der Waals surface area contributed by atoms with Gasteiger partial charge in [-0.1, -0.05) is 0 Å². The van der Waals surface area contributed by atoms with Crippen molar-refractivity contribution in [1.29, 1.82) is 0 Å². The molecule has 0 aliphatic carbocycles. The molecule has 0 fully saturated rings. The van der Waals surface area contributed by atoms with Gasteiger partial charge in [0.05, 0.1) is 12.3 Å². The standard InChI is InChI=1S/C15H18N2O2/c1-4-19-14-6-5-12(7-10(14)2)13-8-11(3)16-15(9-18)17-13/h5-8,18H,4,9H2,1-3H3. The van der Waals surface area contributed by atoms with Crippen LogP contribution in [-0.4, -0.2) is 21.7 Å². The van der Waals surface area contributed by atoms with E-state index in [1.165, 1.54) is 0 Å². The number of aromatic nitrogens is 2. The fourth-order valence-electron chi connectivity index (χ4n) is 1.97. The Hall–Kier alpha value is -1.94. The average Bonchev–Trinajstić information content (AvgIpc) is 2.40. The Morgan fingerprint density at radius 2 is 1.95 bits per heavy atom. The van der Waals surface area contributed by atoms with Crippen molar-refractivity contribution in [1.82, 2.24) is 9.97 Å². The van der Waals surface area contributed by atoms with Crippen LogP contribution in [0.15, 0.2) is 24.3 Å². The minimum Gasteiger partial charge on any atom is -0.494 e. The molecule has 0 radical (unpaired) electrons. The van der Waals surface area contributed by atoms with Crippen molar-refractivity contribution in [3.05, 3.63) is 41.3 Å². The number of hydrogen-bond donors (Lipinski definition) is 1. The lowest BCUT2D eigenvalue weighted by Gasteiger charge is -2.09. The molecule has 0 amide bonds. The third-order valence-electron chi connectivity index (χ3n) is 2.81. The topological polar surface area (TPSA) is 55.2 Å². The van der Waals surface area contributed by atoms with E-state index in [1.807, 2.05) is 45.0 Å². The van der Waals surface area contributed by atoms with Gasteiger partial charge in [0.1, 0.15) is 12.4 Å². The molecule has 0 atom stereocenters. The summed E-state index contributed by atoms with van der Waals surface area (Å²) < 4.78 is 5.52. The highest BCUT2D eigenvalue weighted by Gasteiger charge is 2.06. The number of rotatable bonds is 4. The number of benzene rings is 1. The van der Waals surface area contributed by atoms with Gasteiger partial charge in [-0.05, 0) is 50.6 Å². The fraction of sp³-hybridized carbons (Fsp3) is 0.333. The van der Waals surface area contributed by atoms with Gasteiger partial charge in [-0.3, -0.25) is 0 Å². The van der Waals surface area contributed by atoms with Gasteiger partial charge in [0.15, 0.2) is 5.82 Å². The molecule has 0 saturated carbocycles. The van der Waals surface area contributed by atoms with Crippen molar-refractivity contribution in [3.63, 3.8) is 0 Å². The molecule has 0 aliphatic rings. The van der Waals surface area contributed by atoms with Crippen LogP contribution in [0.5, 0.6) is 5.75 Å². The number of aliphatic hydroxyl groups excluding tert-OH is 1. The molecule has 19 heavy (non-hydrogen) atoms. The predicted octanol–water partition coefficient (Wildman–Crippen LogP) is 2.65. The Bertz CT molecular complexity index is 582. The normalized spacial score (nSPS) is 10.5. The Balaban J connectivity index is 2.41. The third kappa shape index (κ3) is 3.09. The number of aliphatic hydroxyl groups is 1. The smallest absolute Gasteiger partial charge is 0.154 e. The molecule has 2 rings (SSSR count).